The lowest BCUT2D eigenvalue weighted by Crippen LogP contribution is -2.45. The molecule has 3 amide bonds. The first-order valence-electron chi connectivity index (χ1n) is 12.2. The summed E-state index contributed by atoms with van der Waals surface area (Å²) in [6, 6.07) is 14.9. The fraction of sp³-hybridized carbons (Fsp3) is 0.214. The predicted molar refractivity (Wildman–Crippen MR) is 150 cm³/mol. The molecule has 4 rings (SSSR count). The molecule has 1 aliphatic rings. The molecule has 1 atom stereocenters. The fourth-order valence-corrected chi connectivity index (χ4v) is 4.21. The van der Waals surface area contributed by atoms with E-state index in [-0.39, 0.29) is 24.5 Å². The van der Waals surface area contributed by atoms with E-state index in [1.165, 1.54) is 13.3 Å². The molecular weight excluding hydrogens is 584 g/mol. The Bertz CT molecular complexity index is 1460. The summed E-state index contributed by atoms with van der Waals surface area (Å²) in [5.41, 5.74) is 4.52. The number of nitrogens with zero attached hydrogens (tertiary/aromatic N) is 1. The van der Waals surface area contributed by atoms with Gasteiger partial charge in [-0.25, -0.2) is 15.0 Å². The summed E-state index contributed by atoms with van der Waals surface area (Å²) < 4.78 is 22.9. The molecule has 0 unspecified atom stereocenters. The Balaban J connectivity index is 1.37. The van der Waals surface area contributed by atoms with Gasteiger partial charge in [-0.15, -0.1) is 0 Å². The predicted octanol–water partition coefficient (Wildman–Crippen LogP) is 4.44. The zero-order valence-corrected chi connectivity index (χ0v) is 23.5. The van der Waals surface area contributed by atoms with Crippen LogP contribution in [0.25, 0.3) is 11.3 Å². The molecule has 3 N–H and O–H groups in total. The molecule has 2 aromatic carbocycles. The molecule has 208 valence electrons. The smallest absolute Gasteiger partial charge is 0.338 e. The lowest BCUT2D eigenvalue weighted by Gasteiger charge is -2.28. The van der Waals surface area contributed by atoms with Crippen molar-refractivity contribution in [2.24, 2.45) is 5.10 Å². The number of halogens is 1. The van der Waals surface area contributed by atoms with Crippen molar-refractivity contribution in [1.29, 1.82) is 0 Å². The number of amides is 3. The molecule has 3 aromatic rings. The van der Waals surface area contributed by atoms with E-state index in [1.54, 1.807) is 38.1 Å². The van der Waals surface area contributed by atoms with Gasteiger partial charge in [0.2, 0.25) is 0 Å². The summed E-state index contributed by atoms with van der Waals surface area (Å²) in [6.45, 7) is 3.17. The Morgan fingerprint density at radius 2 is 1.90 bits per heavy atom. The minimum atomic E-state index is -0.765. The van der Waals surface area contributed by atoms with Crippen LogP contribution in [0.15, 0.2) is 79.9 Å². The molecule has 11 nitrogen and oxygen atoms in total. The second-order valence-electron chi connectivity index (χ2n) is 8.49. The highest BCUT2D eigenvalue weighted by molar-refractivity contribution is 9.10. The van der Waals surface area contributed by atoms with E-state index in [4.69, 9.17) is 18.6 Å². The van der Waals surface area contributed by atoms with Crippen molar-refractivity contribution >= 4 is 40.1 Å². The van der Waals surface area contributed by atoms with Gasteiger partial charge in [-0.2, -0.15) is 5.10 Å². The lowest BCUT2D eigenvalue weighted by atomic mass is 9.95. The Kier molecular flexibility index (Phi) is 9.23. The van der Waals surface area contributed by atoms with Gasteiger partial charge in [0.1, 0.15) is 11.5 Å². The van der Waals surface area contributed by atoms with Gasteiger partial charge in [0.25, 0.3) is 5.91 Å². The molecule has 12 heteroatoms. The van der Waals surface area contributed by atoms with Gasteiger partial charge in [-0.1, -0.05) is 34.1 Å². The van der Waals surface area contributed by atoms with Crippen LogP contribution < -0.4 is 25.5 Å². The largest absolute Gasteiger partial charge is 0.493 e. The van der Waals surface area contributed by atoms with Crippen LogP contribution in [0.3, 0.4) is 0 Å². The summed E-state index contributed by atoms with van der Waals surface area (Å²) in [7, 11) is 1.44. The Hall–Kier alpha value is -4.58. The Morgan fingerprint density at radius 1 is 1.12 bits per heavy atom. The molecule has 0 spiro atoms. The van der Waals surface area contributed by atoms with E-state index in [1.807, 2.05) is 30.3 Å². The Morgan fingerprint density at radius 3 is 2.62 bits per heavy atom. The fourth-order valence-electron chi connectivity index (χ4n) is 3.94. The molecule has 0 fully saturated rings. The number of benzene rings is 2. The number of carbonyl (C=O) groups excluding carboxylic acids is 3. The minimum Gasteiger partial charge on any atom is -0.493 e. The topological polar surface area (TPSA) is 140 Å². The van der Waals surface area contributed by atoms with Gasteiger partial charge in [0, 0.05) is 15.7 Å². The highest BCUT2D eigenvalue weighted by Gasteiger charge is 2.32. The maximum Gasteiger partial charge on any atom is 0.338 e. The average Bonchev–Trinajstić information content (AvgIpc) is 3.40. The van der Waals surface area contributed by atoms with Crippen molar-refractivity contribution in [3.63, 3.8) is 0 Å². The second kappa shape index (κ2) is 13.0. The number of esters is 1. The normalized spacial score (nSPS) is 14.9. The maximum atomic E-state index is 12.6. The van der Waals surface area contributed by atoms with Gasteiger partial charge < -0.3 is 29.3 Å². The van der Waals surface area contributed by atoms with Crippen LogP contribution in [-0.2, 0) is 14.3 Å². The summed E-state index contributed by atoms with van der Waals surface area (Å²) >= 11 is 3.40. The number of hydrogen-bond acceptors (Lipinski definition) is 8. The molecule has 0 saturated carbocycles. The molecule has 0 saturated heterocycles. The molecule has 40 heavy (non-hydrogen) atoms. The van der Waals surface area contributed by atoms with Crippen LogP contribution in [0.2, 0.25) is 0 Å². The van der Waals surface area contributed by atoms with E-state index < -0.39 is 23.9 Å². The second-order valence-corrected chi connectivity index (χ2v) is 9.41. The van der Waals surface area contributed by atoms with Crippen LogP contribution in [-0.4, -0.2) is 44.4 Å². The van der Waals surface area contributed by atoms with E-state index in [0.29, 0.717) is 28.5 Å². The number of allylic oxidation sites excluding steroid dienone is 1. The number of carbonyl (C=O) groups is 3. The number of rotatable bonds is 10. The first kappa shape index (κ1) is 28.4. The zero-order valence-electron chi connectivity index (χ0n) is 21.9. The summed E-state index contributed by atoms with van der Waals surface area (Å²) in [5.74, 6) is 0.674. The van der Waals surface area contributed by atoms with Crippen molar-refractivity contribution in [1.82, 2.24) is 16.1 Å². The third kappa shape index (κ3) is 6.89. The van der Waals surface area contributed by atoms with Crippen molar-refractivity contribution in [2.75, 3.05) is 20.3 Å². The van der Waals surface area contributed by atoms with Crippen LogP contribution >= 0.6 is 15.9 Å². The highest BCUT2D eigenvalue weighted by Crippen LogP contribution is 2.34. The number of hydrogen-bond donors (Lipinski definition) is 3. The summed E-state index contributed by atoms with van der Waals surface area (Å²) in [5, 5.41) is 9.23. The monoisotopic (exact) mass is 610 g/mol. The van der Waals surface area contributed by atoms with E-state index in [2.05, 4.69) is 37.1 Å². The number of ether oxygens (including phenoxy) is 3. The first-order valence-corrected chi connectivity index (χ1v) is 13.0. The van der Waals surface area contributed by atoms with Crippen molar-refractivity contribution in [3.05, 3.63) is 81.7 Å². The van der Waals surface area contributed by atoms with Crippen molar-refractivity contribution in [2.45, 2.75) is 19.9 Å². The number of furan rings is 1. The van der Waals surface area contributed by atoms with E-state index >= 15 is 0 Å². The van der Waals surface area contributed by atoms with Crippen LogP contribution in [0, 0.1) is 0 Å². The van der Waals surface area contributed by atoms with Crippen LogP contribution in [0.4, 0.5) is 4.79 Å². The molecule has 0 aliphatic carbocycles. The first-order chi connectivity index (χ1) is 19.3. The quantitative estimate of drug-likeness (QED) is 0.175. The molecule has 2 heterocycles. The summed E-state index contributed by atoms with van der Waals surface area (Å²) in [6.07, 6.45) is 1.39. The maximum absolute atomic E-state index is 12.6. The Labute approximate surface area is 238 Å². The van der Waals surface area contributed by atoms with Crippen LogP contribution in [0.1, 0.15) is 31.2 Å². The van der Waals surface area contributed by atoms with Crippen molar-refractivity contribution in [3.8, 4) is 22.8 Å². The molecule has 1 aromatic heterocycles. The average molecular weight is 611 g/mol. The minimum absolute atomic E-state index is 0.188. The molecule has 1 aliphatic heterocycles. The molecular formula is C28H27BrN4O7. The number of nitrogens with one attached hydrogen (secondary N) is 3. The van der Waals surface area contributed by atoms with E-state index in [9.17, 15) is 14.4 Å². The lowest BCUT2D eigenvalue weighted by molar-refractivity contribution is -0.139. The SMILES string of the molecule is CCOC(=O)C1=C(C)NC(=O)N[C@H]1c1ccc(OCC(=O)N/N=C\c2ccc(-c3ccc(Br)cc3)o2)c(OC)c1. The standard InChI is InChI=1S/C28H27BrN4O7/c1-4-38-27(35)25-16(2)31-28(36)32-26(25)18-7-11-22(23(13-18)37-3)39-15-24(34)33-30-14-20-10-12-21(40-20)17-5-8-19(29)9-6-17/h5-14,26H,4,15H2,1-3H3,(H,33,34)(H2,31,32,36)/b30-14-/t26-/m0/s1. The van der Waals surface area contributed by atoms with Crippen LogP contribution in [0.5, 0.6) is 11.5 Å². The van der Waals surface area contributed by atoms with Gasteiger partial charge in [0.05, 0.1) is 31.5 Å². The summed E-state index contributed by atoms with van der Waals surface area (Å²) in [4.78, 5) is 37.0. The molecule has 0 radical (unpaired) electrons. The molecule has 0 bridgehead atoms. The third-order valence-electron chi connectivity index (χ3n) is 5.78. The van der Waals surface area contributed by atoms with Gasteiger partial charge in [-0.3, -0.25) is 4.79 Å². The number of methoxy groups -OCH3 is 1. The highest BCUT2D eigenvalue weighted by atomic mass is 79.9. The third-order valence-corrected chi connectivity index (χ3v) is 6.31. The van der Waals surface area contributed by atoms with Gasteiger partial charge >= 0.3 is 12.0 Å². The van der Waals surface area contributed by atoms with Crippen molar-refractivity contribution < 1.29 is 33.0 Å². The van der Waals surface area contributed by atoms with E-state index in [0.717, 1.165) is 10.0 Å². The number of urea groups is 1. The number of hydrazone groups is 1. The van der Waals surface area contributed by atoms with Gasteiger partial charge in [0.15, 0.2) is 18.1 Å². The zero-order chi connectivity index (χ0) is 28.6. The van der Waals surface area contributed by atoms with Gasteiger partial charge in [-0.05, 0) is 55.8 Å².